The summed E-state index contributed by atoms with van der Waals surface area (Å²) in [5.41, 5.74) is -1.59. The van der Waals surface area contributed by atoms with Crippen LogP contribution in [0, 0.1) is 0 Å². The molecular weight excluding hydrogens is 228 g/mol. The summed E-state index contributed by atoms with van der Waals surface area (Å²) in [5.74, 6) is -1.27. The highest BCUT2D eigenvalue weighted by Gasteiger charge is 2.13. The fourth-order valence-electron chi connectivity index (χ4n) is 1.43. The molecule has 0 bridgehead atoms. The van der Waals surface area contributed by atoms with Crippen LogP contribution in [-0.2, 0) is 14.1 Å². The summed E-state index contributed by atoms with van der Waals surface area (Å²) in [6, 6.07) is 0. The first kappa shape index (κ1) is 11.0. The highest BCUT2D eigenvalue weighted by molar-refractivity contribution is 5.87. The lowest BCUT2D eigenvalue weighted by molar-refractivity contribution is 0.0690. The van der Waals surface area contributed by atoms with Gasteiger partial charge in [-0.25, -0.2) is 19.6 Å². The quantitative estimate of drug-likeness (QED) is 0.661. The molecule has 0 unspecified atom stereocenters. The van der Waals surface area contributed by atoms with Crippen LogP contribution in [0.5, 0.6) is 0 Å². The Morgan fingerprint density at radius 3 is 2.53 bits per heavy atom. The third kappa shape index (κ3) is 1.50. The van der Waals surface area contributed by atoms with Crippen LogP contribution in [0.25, 0.3) is 11.2 Å². The van der Waals surface area contributed by atoms with Crippen molar-refractivity contribution in [1.82, 2.24) is 19.1 Å². The Hall–Kier alpha value is -2.51. The third-order valence-electron chi connectivity index (χ3n) is 2.37. The minimum atomic E-state index is -1.27. The van der Waals surface area contributed by atoms with Crippen molar-refractivity contribution in [3.05, 3.63) is 32.7 Å². The van der Waals surface area contributed by atoms with Crippen molar-refractivity contribution in [2.45, 2.75) is 0 Å². The second kappa shape index (κ2) is 3.51. The van der Waals surface area contributed by atoms with Crippen LogP contribution in [0.15, 0.2) is 15.8 Å². The Morgan fingerprint density at radius 1 is 1.29 bits per heavy atom. The van der Waals surface area contributed by atoms with E-state index < -0.39 is 17.2 Å². The number of hydrogen-bond acceptors (Lipinski definition) is 5. The van der Waals surface area contributed by atoms with Crippen molar-refractivity contribution in [3.8, 4) is 0 Å². The number of aromatic carboxylic acids is 1. The van der Waals surface area contributed by atoms with Crippen LogP contribution < -0.4 is 11.2 Å². The minimum Gasteiger partial charge on any atom is -0.476 e. The second-order valence-corrected chi connectivity index (χ2v) is 3.44. The Balaban J connectivity index is 3.02. The first-order valence-corrected chi connectivity index (χ1v) is 4.59. The summed E-state index contributed by atoms with van der Waals surface area (Å²) < 4.78 is 1.97. The number of fused-ring (bicyclic) bond motifs is 1. The van der Waals surface area contributed by atoms with Gasteiger partial charge in [0.15, 0.2) is 16.9 Å². The second-order valence-electron chi connectivity index (χ2n) is 3.44. The van der Waals surface area contributed by atoms with E-state index in [0.29, 0.717) is 0 Å². The molecule has 0 spiro atoms. The van der Waals surface area contributed by atoms with Crippen LogP contribution >= 0.6 is 0 Å². The first-order valence-electron chi connectivity index (χ1n) is 4.59. The van der Waals surface area contributed by atoms with Gasteiger partial charge >= 0.3 is 11.7 Å². The van der Waals surface area contributed by atoms with Crippen molar-refractivity contribution >= 4 is 17.1 Å². The van der Waals surface area contributed by atoms with Gasteiger partial charge < -0.3 is 5.11 Å². The van der Waals surface area contributed by atoms with Gasteiger partial charge in [0.2, 0.25) is 0 Å². The highest BCUT2D eigenvalue weighted by Crippen LogP contribution is 2.02. The molecule has 0 aliphatic carbocycles. The molecule has 0 amide bonds. The predicted molar refractivity (Wildman–Crippen MR) is 57.0 cm³/mol. The zero-order valence-corrected chi connectivity index (χ0v) is 9.04. The molecule has 2 rings (SSSR count). The molecule has 0 aromatic carbocycles. The maximum absolute atomic E-state index is 11.7. The molecule has 0 saturated heterocycles. The van der Waals surface area contributed by atoms with Crippen molar-refractivity contribution in [2.75, 3.05) is 0 Å². The van der Waals surface area contributed by atoms with Gasteiger partial charge in [-0.2, -0.15) is 0 Å². The maximum atomic E-state index is 11.7. The van der Waals surface area contributed by atoms with E-state index in [2.05, 4.69) is 9.97 Å². The van der Waals surface area contributed by atoms with Crippen molar-refractivity contribution in [2.24, 2.45) is 14.1 Å². The lowest BCUT2D eigenvalue weighted by Crippen LogP contribution is -2.37. The Labute approximate surface area is 93.8 Å². The SMILES string of the molecule is Cn1c(=O)c2ncc(C(=O)O)nc2n(C)c1=O. The monoisotopic (exact) mass is 236 g/mol. The molecule has 2 aromatic heterocycles. The minimum absolute atomic E-state index is 0.0420. The molecule has 2 aromatic rings. The zero-order valence-electron chi connectivity index (χ0n) is 9.04. The third-order valence-corrected chi connectivity index (χ3v) is 2.37. The van der Waals surface area contributed by atoms with E-state index in [1.54, 1.807) is 0 Å². The fourth-order valence-corrected chi connectivity index (χ4v) is 1.43. The summed E-state index contributed by atoms with van der Waals surface area (Å²) in [6.07, 6.45) is 0.983. The van der Waals surface area contributed by atoms with Gasteiger partial charge in [-0.05, 0) is 0 Å². The summed E-state index contributed by atoms with van der Waals surface area (Å²) in [5, 5.41) is 8.76. The molecule has 0 fully saturated rings. The number of carboxylic acids is 1. The fraction of sp³-hybridized carbons (Fsp3) is 0.222. The Morgan fingerprint density at radius 2 is 1.94 bits per heavy atom. The molecule has 0 radical (unpaired) electrons. The molecule has 88 valence electrons. The van der Waals surface area contributed by atoms with E-state index in [9.17, 15) is 14.4 Å². The number of aryl methyl sites for hydroxylation is 1. The van der Waals surface area contributed by atoms with Gasteiger partial charge in [-0.3, -0.25) is 13.9 Å². The van der Waals surface area contributed by atoms with Crippen LogP contribution in [-0.4, -0.2) is 30.2 Å². The molecule has 8 heteroatoms. The van der Waals surface area contributed by atoms with E-state index in [-0.39, 0.29) is 16.9 Å². The van der Waals surface area contributed by atoms with Crippen molar-refractivity contribution in [1.29, 1.82) is 0 Å². The van der Waals surface area contributed by atoms with Crippen LogP contribution in [0.1, 0.15) is 10.5 Å². The summed E-state index contributed by atoms with van der Waals surface area (Å²) in [6.45, 7) is 0. The van der Waals surface area contributed by atoms with Gasteiger partial charge in [0.1, 0.15) is 0 Å². The lowest BCUT2D eigenvalue weighted by atomic mass is 10.4. The van der Waals surface area contributed by atoms with Gasteiger partial charge in [0, 0.05) is 14.1 Å². The number of nitrogens with zero attached hydrogens (tertiary/aromatic N) is 4. The molecule has 1 N–H and O–H groups in total. The normalized spacial score (nSPS) is 10.7. The molecular formula is C9H8N4O4. The Bertz CT molecular complexity index is 743. The number of carboxylic acid groups (broad SMARTS) is 1. The van der Waals surface area contributed by atoms with Crippen molar-refractivity contribution in [3.63, 3.8) is 0 Å². The topological polar surface area (TPSA) is 107 Å². The maximum Gasteiger partial charge on any atom is 0.356 e. The average Bonchev–Trinajstić information content (AvgIpc) is 2.32. The Kier molecular flexibility index (Phi) is 2.27. The molecule has 0 atom stereocenters. The van der Waals surface area contributed by atoms with E-state index in [1.807, 2.05) is 0 Å². The van der Waals surface area contributed by atoms with Gasteiger partial charge in [-0.1, -0.05) is 0 Å². The molecule has 0 aliphatic heterocycles. The number of rotatable bonds is 1. The highest BCUT2D eigenvalue weighted by atomic mass is 16.4. The standard InChI is InChI=1S/C9H8N4O4/c1-12-6-5(7(14)13(2)9(12)17)10-3-4(11-6)8(15)16/h3H,1-2H3,(H,15,16). The van der Waals surface area contributed by atoms with Gasteiger partial charge in [0.25, 0.3) is 5.56 Å². The van der Waals surface area contributed by atoms with Gasteiger partial charge in [-0.15, -0.1) is 0 Å². The van der Waals surface area contributed by atoms with E-state index >= 15 is 0 Å². The van der Waals surface area contributed by atoms with E-state index in [1.165, 1.54) is 14.1 Å². The molecule has 17 heavy (non-hydrogen) atoms. The van der Waals surface area contributed by atoms with Gasteiger partial charge in [0.05, 0.1) is 6.20 Å². The molecule has 2 heterocycles. The summed E-state index contributed by atoms with van der Waals surface area (Å²) in [4.78, 5) is 41.4. The zero-order chi connectivity index (χ0) is 12.7. The predicted octanol–water partition coefficient (Wildman–Crippen LogP) is -1.27. The number of hydrogen-bond donors (Lipinski definition) is 1. The smallest absolute Gasteiger partial charge is 0.356 e. The van der Waals surface area contributed by atoms with Crippen LogP contribution in [0.3, 0.4) is 0 Å². The average molecular weight is 236 g/mol. The lowest BCUT2D eigenvalue weighted by Gasteiger charge is -2.05. The molecule has 0 aliphatic rings. The number of aromatic nitrogens is 4. The number of carbonyl (C=O) groups is 1. The summed E-state index contributed by atoms with van der Waals surface area (Å²) >= 11 is 0. The van der Waals surface area contributed by atoms with Crippen LogP contribution in [0.2, 0.25) is 0 Å². The van der Waals surface area contributed by atoms with Crippen molar-refractivity contribution < 1.29 is 9.90 Å². The first-order chi connectivity index (χ1) is 7.93. The van der Waals surface area contributed by atoms with Crippen LogP contribution in [0.4, 0.5) is 0 Å². The van der Waals surface area contributed by atoms with E-state index in [0.717, 1.165) is 15.3 Å². The summed E-state index contributed by atoms with van der Waals surface area (Å²) in [7, 11) is 2.71. The molecule has 0 saturated carbocycles. The van der Waals surface area contributed by atoms with E-state index in [4.69, 9.17) is 5.11 Å². The largest absolute Gasteiger partial charge is 0.476 e. The molecule has 8 nitrogen and oxygen atoms in total.